The van der Waals surface area contributed by atoms with Crippen molar-refractivity contribution in [2.75, 3.05) is 0 Å². The van der Waals surface area contributed by atoms with Crippen LogP contribution in [0.3, 0.4) is 0 Å². The highest BCUT2D eigenvalue weighted by atomic mass is 16.1. The van der Waals surface area contributed by atoms with Gasteiger partial charge in [-0.25, -0.2) is 0 Å². The molecule has 0 aliphatic heterocycles. The molecule has 0 saturated heterocycles. The molecule has 1 heteroatoms. The fraction of sp³-hybridized carbons (Fsp3) is 0.889. The van der Waals surface area contributed by atoms with Crippen LogP contribution in [0.2, 0.25) is 0 Å². The first-order chi connectivity index (χ1) is 4.15. The largest absolute Gasteiger partial charge is 0.300 e. The fourth-order valence-corrected chi connectivity index (χ4v) is 0. The molecule has 0 heterocycles. The highest BCUT2D eigenvalue weighted by Gasteiger charge is 1.62. The lowest BCUT2D eigenvalue weighted by atomic mass is 10.6. The molecule has 66 valence electrons. The molecule has 0 spiro atoms. The van der Waals surface area contributed by atoms with Crippen molar-refractivity contribution in [3.8, 4) is 0 Å². The van der Waals surface area contributed by atoms with Gasteiger partial charge in [-0.2, -0.15) is 0 Å². The second-order valence-electron chi connectivity index (χ2n) is 1.62. The number of ketones is 1. The molecule has 0 aromatic rings. The lowest BCUT2D eigenvalue weighted by molar-refractivity contribution is -0.114. The first kappa shape index (κ1) is 22.6. The molecular weight excluding hydrogens is 124 g/mol. The van der Waals surface area contributed by atoms with E-state index in [-0.39, 0.29) is 13.2 Å². The van der Waals surface area contributed by atoms with Gasteiger partial charge in [-0.05, 0) is 13.8 Å². The van der Waals surface area contributed by atoms with Crippen molar-refractivity contribution in [3.05, 3.63) is 0 Å². The van der Waals surface area contributed by atoms with Crippen molar-refractivity contribution in [3.63, 3.8) is 0 Å². The molecule has 0 radical (unpaired) electrons. The van der Waals surface area contributed by atoms with E-state index in [1.165, 1.54) is 20.3 Å². The number of hydrogen-bond donors (Lipinski definition) is 0. The molecule has 0 bridgehead atoms. The zero-order chi connectivity index (χ0) is 8.28. The Hall–Kier alpha value is -0.330. The summed E-state index contributed by atoms with van der Waals surface area (Å²) in [5, 5.41) is 0. The minimum atomic E-state index is 0. The normalized spacial score (nSPS) is 5.00. The predicted molar refractivity (Wildman–Crippen MR) is 50.4 cm³/mol. The van der Waals surface area contributed by atoms with Crippen molar-refractivity contribution in [2.24, 2.45) is 0 Å². The molecular formula is C9H24O. The van der Waals surface area contributed by atoms with E-state index in [4.69, 9.17) is 0 Å². The van der Waals surface area contributed by atoms with E-state index in [9.17, 15) is 4.79 Å². The lowest BCUT2D eigenvalue weighted by Crippen LogP contribution is -1.69. The smallest absolute Gasteiger partial charge is 0.126 e. The van der Waals surface area contributed by atoms with Gasteiger partial charge in [0.25, 0.3) is 0 Å². The summed E-state index contributed by atoms with van der Waals surface area (Å²) in [6.07, 6.45) is 1.25. The zero-order valence-electron chi connectivity index (χ0n) is 7.62. The average molecular weight is 148 g/mol. The first-order valence-electron chi connectivity index (χ1n) is 3.62. The maximum atomic E-state index is 9.44. The molecule has 0 N–H and O–H groups in total. The summed E-state index contributed by atoms with van der Waals surface area (Å²) >= 11 is 0. The number of rotatable bonds is 0. The molecule has 10 heavy (non-hydrogen) atoms. The van der Waals surface area contributed by atoms with Crippen LogP contribution in [0.25, 0.3) is 0 Å². The topological polar surface area (TPSA) is 17.1 Å². The van der Waals surface area contributed by atoms with E-state index in [2.05, 4.69) is 13.8 Å². The highest BCUT2D eigenvalue weighted by molar-refractivity contribution is 5.72. The van der Waals surface area contributed by atoms with Crippen molar-refractivity contribution < 1.29 is 4.79 Å². The molecule has 0 unspecified atom stereocenters. The van der Waals surface area contributed by atoms with Gasteiger partial charge in [0.1, 0.15) is 5.78 Å². The van der Waals surface area contributed by atoms with Crippen molar-refractivity contribution in [1.29, 1.82) is 0 Å². The maximum absolute atomic E-state index is 9.44. The third-order valence-electron chi connectivity index (χ3n) is 0. The Bertz CT molecular complexity index is 36.0. The van der Waals surface area contributed by atoms with Gasteiger partial charge < -0.3 is 4.79 Å². The maximum Gasteiger partial charge on any atom is 0.126 e. The van der Waals surface area contributed by atoms with Crippen LogP contribution in [-0.2, 0) is 4.79 Å². The Morgan fingerprint density at radius 3 is 1.10 bits per heavy atom. The van der Waals surface area contributed by atoms with Gasteiger partial charge >= 0.3 is 0 Å². The predicted octanol–water partition coefficient (Wildman–Crippen LogP) is 3.67. The van der Waals surface area contributed by atoms with E-state index >= 15 is 0 Å². The van der Waals surface area contributed by atoms with E-state index in [0.29, 0.717) is 0 Å². The van der Waals surface area contributed by atoms with Crippen LogP contribution < -0.4 is 0 Å². The summed E-state index contributed by atoms with van der Waals surface area (Å²) in [6, 6.07) is 0. The molecule has 0 aromatic carbocycles. The molecule has 0 rings (SSSR count). The number of carbonyl (C=O) groups excluding carboxylic acids is 1. The standard InChI is InChI=1S/C3H6O.C3H8.C2H6.CH4/c1-3(2)4;1-3-2;1-2;/h1-2H3;3H2,1-2H3;1-2H3;1H4. The molecule has 0 aromatic heterocycles. The van der Waals surface area contributed by atoms with E-state index in [1.54, 1.807) is 0 Å². The van der Waals surface area contributed by atoms with Crippen LogP contribution in [0.5, 0.6) is 0 Å². The minimum absolute atomic E-state index is 0. The summed E-state index contributed by atoms with van der Waals surface area (Å²) in [6.45, 7) is 11.3. The minimum Gasteiger partial charge on any atom is -0.300 e. The highest BCUT2D eigenvalue weighted by Crippen LogP contribution is 1.56. The fourth-order valence-electron chi connectivity index (χ4n) is 0. The van der Waals surface area contributed by atoms with Crippen LogP contribution in [0, 0.1) is 0 Å². The Balaban J connectivity index is -0.0000000273. The Kier molecular flexibility index (Phi) is 85.6. The van der Waals surface area contributed by atoms with Crippen molar-refractivity contribution in [2.45, 2.75) is 55.4 Å². The third-order valence-corrected chi connectivity index (χ3v) is 0. The Labute approximate surface area is 66.8 Å². The average Bonchev–Trinajstić information content (AvgIpc) is 1.71. The van der Waals surface area contributed by atoms with Gasteiger partial charge in [0, 0.05) is 0 Å². The van der Waals surface area contributed by atoms with Crippen LogP contribution >= 0.6 is 0 Å². The second-order valence-corrected chi connectivity index (χ2v) is 1.62. The summed E-state index contributed by atoms with van der Waals surface area (Å²) < 4.78 is 0. The van der Waals surface area contributed by atoms with Crippen molar-refractivity contribution in [1.82, 2.24) is 0 Å². The molecule has 0 fully saturated rings. The number of Topliss-reactive ketones (excluding diaryl/α,β-unsaturated/α-hetero) is 1. The second kappa shape index (κ2) is 37.9. The first-order valence-corrected chi connectivity index (χ1v) is 3.62. The lowest BCUT2D eigenvalue weighted by Gasteiger charge is -1.56. The van der Waals surface area contributed by atoms with Crippen LogP contribution in [-0.4, -0.2) is 5.78 Å². The molecule has 0 aliphatic rings. The van der Waals surface area contributed by atoms with Gasteiger partial charge in [-0.1, -0.05) is 41.5 Å². The molecule has 1 nitrogen and oxygen atoms in total. The summed E-state index contributed by atoms with van der Waals surface area (Å²) in [5.41, 5.74) is 0. The van der Waals surface area contributed by atoms with E-state index in [1.807, 2.05) is 13.8 Å². The third kappa shape index (κ3) is 3130. The molecule has 0 atom stereocenters. The molecule has 0 aliphatic carbocycles. The zero-order valence-corrected chi connectivity index (χ0v) is 7.62. The Morgan fingerprint density at radius 1 is 1.10 bits per heavy atom. The quantitative estimate of drug-likeness (QED) is 0.512. The van der Waals surface area contributed by atoms with Crippen LogP contribution in [0.4, 0.5) is 0 Å². The summed E-state index contributed by atoms with van der Waals surface area (Å²) in [7, 11) is 0. The van der Waals surface area contributed by atoms with Crippen LogP contribution in [0.1, 0.15) is 55.4 Å². The van der Waals surface area contributed by atoms with Gasteiger partial charge in [-0.15, -0.1) is 0 Å². The van der Waals surface area contributed by atoms with Gasteiger partial charge in [0.2, 0.25) is 0 Å². The number of hydrogen-bond acceptors (Lipinski definition) is 1. The SMILES string of the molecule is C.CC.CC(C)=O.CCC. The molecule has 0 amide bonds. The number of carbonyl (C=O) groups is 1. The monoisotopic (exact) mass is 148 g/mol. The summed E-state index contributed by atoms with van der Waals surface area (Å²) in [4.78, 5) is 9.44. The van der Waals surface area contributed by atoms with E-state index < -0.39 is 0 Å². The van der Waals surface area contributed by atoms with E-state index in [0.717, 1.165) is 0 Å². The van der Waals surface area contributed by atoms with Gasteiger partial charge in [0.05, 0.1) is 0 Å². The Morgan fingerprint density at radius 2 is 1.10 bits per heavy atom. The van der Waals surface area contributed by atoms with Gasteiger partial charge in [0.15, 0.2) is 0 Å². The van der Waals surface area contributed by atoms with Gasteiger partial charge in [-0.3, -0.25) is 0 Å². The molecule has 0 saturated carbocycles. The van der Waals surface area contributed by atoms with Crippen LogP contribution in [0.15, 0.2) is 0 Å². The summed E-state index contributed by atoms with van der Waals surface area (Å²) in [5.74, 6) is 0.167. The van der Waals surface area contributed by atoms with Crippen molar-refractivity contribution >= 4 is 5.78 Å².